The number of hydrogen-bond donors (Lipinski definition) is 1. The molecule has 0 bridgehead atoms. The van der Waals surface area contributed by atoms with Crippen LogP contribution in [0.1, 0.15) is 41.0 Å². The second-order valence-corrected chi connectivity index (χ2v) is 8.36. The molecule has 2 aromatic rings. The number of thioether (sulfide) groups is 1. The van der Waals surface area contributed by atoms with Gasteiger partial charge in [-0.2, -0.15) is 0 Å². The van der Waals surface area contributed by atoms with Crippen molar-refractivity contribution < 1.29 is 4.79 Å². The number of carbonyl (C=O) groups excluding carboxylic acids is 1. The summed E-state index contributed by atoms with van der Waals surface area (Å²) in [6.07, 6.45) is 1.14. The SMILES string of the molecule is CC(C)CCSc1nc2ccccc2n1CC(=O)NC(C)(C)C. The number of para-hydroxylation sites is 2. The number of carbonyl (C=O) groups is 1. The average Bonchev–Trinajstić information content (AvgIpc) is 2.74. The van der Waals surface area contributed by atoms with Crippen LogP contribution < -0.4 is 5.32 Å². The van der Waals surface area contributed by atoms with Crippen molar-refractivity contribution in [3.8, 4) is 0 Å². The topological polar surface area (TPSA) is 46.9 Å². The molecule has 0 aliphatic carbocycles. The molecule has 5 heteroatoms. The number of amides is 1. The van der Waals surface area contributed by atoms with Gasteiger partial charge in [0.2, 0.25) is 5.91 Å². The van der Waals surface area contributed by atoms with Crippen LogP contribution in [0.5, 0.6) is 0 Å². The molecule has 0 unspecified atom stereocenters. The van der Waals surface area contributed by atoms with Crippen LogP contribution in [0.15, 0.2) is 29.4 Å². The highest BCUT2D eigenvalue weighted by Gasteiger charge is 2.17. The lowest BCUT2D eigenvalue weighted by Crippen LogP contribution is -2.42. The van der Waals surface area contributed by atoms with Gasteiger partial charge in [0.15, 0.2) is 5.16 Å². The highest BCUT2D eigenvalue weighted by molar-refractivity contribution is 7.99. The maximum absolute atomic E-state index is 12.3. The Balaban J connectivity index is 2.22. The fourth-order valence-corrected chi connectivity index (χ4v) is 3.56. The molecule has 0 saturated carbocycles. The number of rotatable bonds is 6. The van der Waals surface area contributed by atoms with Crippen molar-refractivity contribution >= 4 is 28.7 Å². The van der Waals surface area contributed by atoms with Crippen molar-refractivity contribution in [2.24, 2.45) is 5.92 Å². The highest BCUT2D eigenvalue weighted by atomic mass is 32.2. The molecule has 0 aliphatic heterocycles. The van der Waals surface area contributed by atoms with E-state index in [1.165, 1.54) is 0 Å². The molecule has 2 rings (SSSR count). The Morgan fingerprint density at radius 1 is 1.30 bits per heavy atom. The minimum atomic E-state index is -0.224. The van der Waals surface area contributed by atoms with Crippen LogP contribution in [0.4, 0.5) is 0 Å². The third kappa shape index (κ3) is 5.27. The van der Waals surface area contributed by atoms with Crippen molar-refractivity contribution in [2.75, 3.05) is 5.75 Å². The molecule has 0 spiro atoms. The zero-order chi connectivity index (χ0) is 17.0. The van der Waals surface area contributed by atoms with Crippen molar-refractivity contribution in [1.82, 2.24) is 14.9 Å². The van der Waals surface area contributed by atoms with Crippen molar-refractivity contribution in [3.63, 3.8) is 0 Å². The molecule has 0 fully saturated rings. The standard InChI is InChI=1S/C18H27N3OS/c1-13(2)10-11-23-17-19-14-8-6-7-9-15(14)21(17)12-16(22)20-18(3,4)5/h6-9,13H,10-12H2,1-5H3,(H,20,22). The molecule has 23 heavy (non-hydrogen) atoms. The maximum atomic E-state index is 12.3. The molecule has 1 aromatic heterocycles. The molecule has 1 N–H and O–H groups in total. The van der Waals surface area contributed by atoms with E-state index in [-0.39, 0.29) is 11.4 Å². The maximum Gasteiger partial charge on any atom is 0.240 e. The fourth-order valence-electron chi connectivity index (χ4n) is 2.30. The Labute approximate surface area is 143 Å². The summed E-state index contributed by atoms with van der Waals surface area (Å²) in [6.45, 7) is 10.7. The molecule has 126 valence electrons. The summed E-state index contributed by atoms with van der Waals surface area (Å²) in [5, 5.41) is 3.95. The van der Waals surface area contributed by atoms with Gasteiger partial charge in [0.25, 0.3) is 0 Å². The molecule has 0 atom stereocenters. The van der Waals surface area contributed by atoms with Crippen molar-refractivity contribution in [2.45, 2.75) is 58.3 Å². The zero-order valence-corrected chi connectivity index (χ0v) is 15.5. The predicted octanol–water partition coefficient (Wildman–Crippen LogP) is 4.09. The van der Waals surface area contributed by atoms with Gasteiger partial charge in [-0.1, -0.05) is 37.7 Å². The van der Waals surface area contributed by atoms with E-state index in [4.69, 9.17) is 4.98 Å². The number of imidazole rings is 1. The molecule has 0 saturated heterocycles. The van der Waals surface area contributed by atoms with Gasteiger partial charge >= 0.3 is 0 Å². The van der Waals surface area contributed by atoms with E-state index in [9.17, 15) is 4.79 Å². The van der Waals surface area contributed by atoms with Crippen LogP contribution in [0, 0.1) is 5.92 Å². The number of aromatic nitrogens is 2. The van der Waals surface area contributed by atoms with Gasteiger partial charge in [-0.15, -0.1) is 0 Å². The Kier molecular flexibility index (Phi) is 5.74. The van der Waals surface area contributed by atoms with Crippen LogP contribution in [-0.2, 0) is 11.3 Å². The van der Waals surface area contributed by atoms with E-state index in [0.717, 1.165) is 28.4 Å². The van der Waals surface area contributed by atoms with E-state index in [1.54, 1.807) is 11.8 Å². The smallest absolute Gasteiger partial charge is 0.240 e. The molecular weight excluding hydrogens is 306 g/mol. The van der Waals surface area contributed by atoms with Gasteiger partial charge in [-0.05, 0) is 45.2 Å². The molecule has 1 aromatic carbocycles. The lowest BCUT2D eigenvalue weighted by atomic mass is 10.1. The second kappa shape index (κ2) is 7.39. The lowest BCUT2D eigenvalue weighted by molar-refractivity contribution is -0.123. The van der Waals surface area contributed by atoms with E-state index in [0.29, 0.717) is 12.5 Å². The lowest BCUT2D eigenvalue weighted by Gasteiger charge is -2.21. The highest BCUT2D eigenvalue weighted by Crippen LogP contribution is 2.25. The van der Waals surface area contributed by atoms with Crippen LogP contribution in [0.25, 0.3) is 11.0 Å². The van der Waals surface area contributed by atoms with Gasteiger partial charge in [0, 0.05) is 11.3 Å². The Morgan fingerprint density at radius 3 is 2.65 bits per heavy atom. The van der Waals surface area contributed by atoms with Crippen LogP contribution >= 0.6 is 11.8 Å². The van der Waals surface area contributed by atoms with Crippen LogP contribution in [-0.4, -0.2) is 26.8 Å². The normalized spacial score (nSPS) is 12.1. The van der Waals surface area contributed by atoms with Crippen molar-refractivity contribution in [1.29, 1.82) is 0 Å². The molecule has 4 nitrogen and oxygen atoms in total. The molecule has 1 heterocycles. The summed E-state index contributed by atoms with van der Waals surface area (Å²) in [7, 11) is 0. The van der Waals surface area contributed by atoms with Crippen LogP contribution in [0.3, 0.4) is 0 Å². The van der Waals surface area contributed by atoms with Gasteiger partial charge in [0.05, 0.1) is 11.0 Å². The Morgan fingerprint density at radius 2 is 2.00 bits per heavy atom. The molecular formula is C18H27N3OS. The summed E-state index contributed by atoms with van der Waals surface area (Å²) < 4.78 is 2.03. The number of benzene rings is 1. The summed E-state index contributed by atoms with van der Waals surface area (Å²) in [5.74, 6) is 1.71. The molecule has 1 amide bonds. The third-order valence-corrected chi connectivity index (χ3v) is 4.37. The largest absolute Gasteiger partial charge is 0.350 e. The van der Waals surface area contributed by atoms with Gasteiger partial charge in [-0.25, -0.2) is 4.98 Å². The first-order valence-corrected chi connectivity index (χ1v) is 9.14. The minimum Gasteiger partial charge on any atom is -0.350 e. The zero-order valence-electron chi connectivity index (χ0n) is 14.7. The summed E-state index contributed by atoms with van der Waals surface area (Å²) >= 11 is 1.73. The number of fused-ring (bicyclic) bond motifs is 1. The van der Waals surface area contributed by atoms with E-state index < -0.39 is 0 Å². The summed E-state index contributed by atoms with van der Waals surface area (Å²) in [6, 6.07) is 8.00. The fraction of sp³-hybridized carbons (Fsp3) is 0.556. The quantitative estimate of drug-likeness (QED) is 0.810. The first-order chi connectivity index (χ1) is 10.8. The number of nitrogens with zero attached hydrogens (tertiary/aromatic N) is 2. The minimum absolute atomic E-state index is 0.0198. The van der Waals surface area contributed by atoms with E-state index in [2.05, 4.69) is 19.2 Å². The Hall–Kier alpha value is -1.49. The monoisotopic (exact) mass is 333 g/mol. The van der Waals surface area contributed by atoms with E-state index >= 15 is 0 Å². The van der Waals surface area contributed by atoms with E-state index in [1.807, 2.05) is 49.6 Å². The average molecular weight is 334 g/mol. The predicted molar refractivity (Wildman–Crippen MR) is 97.8 cm³/mol. The van der Waals surface area contributed by atoms with Crippen molar-refractivity contribution in [3.05, 3.63) is 24.3 Å². The van der Waals surface area contributed by atoms with Gasteiger partial charge in [0.1, 0.15) is 6.54 Å². The first-order valence-electron chi connectivity index (χ1n) is 8.15. The summed E-state index contributed by atoms with van der Waals surface area (Å²) in [5.41, 5.74) is 1.74. The third-order valence-electron chi connectivity index (χ3n) is 3.36. The summed E-state index contributed by atoms with van der Waals surface area (Å²) in [4.78, 5) is 17.0. The van der Waals surface area contributed by atoms with Crippen LogP contribution in [0.2, 0.25) is 0 Å². The van der Waals surface area contributed by atoms with Gasteiger partial charge < -0.3 is 9.88 Å². The van der Waals surface area contributed by atoms with Gasteiger partial charge in [-0.3, -0.25) is 4.79 Å². The first kappa shape index (κ1) is 17.9. The Bertz CT molecular complexity index is 670. The molecule has 0 radical (unpaired) electrons. The second-order valence-electron chi connectivity index (χ2n) is 7.30. The number of nitrogens with one attached hydrogen (secondary N) is 1. The number of hydrogen-bond acceptors (Lipinski definition) is 3. The molecule has 0 aliphatic rings.